The number of halogens is 4. The summed E-state index contributed by atoms with van der Waals surface area (Å²) in [6.07, 6.45) is 0. The molecule has 0 spiro atoms. The summed E-state index contributed by atoms with van der Waals surface area (Å²) in [4.78, 5) is 12.1. The number of amides is 1. The van der Waals surface area contributed by atoms with Crippen molar-refractivity contribution in [3.05, 3.63) is 60.3 Å². The molecule has 2 aromatic rings. The Labute approximate surface area is 140 Å². The molecule has 2 nitrogen and oxygen atoms in total. The lowest BCUT2D eigenvalue weighted by Crippen LogP contribution is -2.15. The maximum absolute atomic E-state index is 13.7. The van der Waals surface area contributed by atoms with E-state index < -0.39 is 11.7 Å². The van der Waals surface area contributed by atoms with E-state index in [0.717, 1.165) is 8.04 Å². The summed E-state index contributed by atoms with van der Waals surface area (Å²) < 4.78 is 15.8. The van der Waals surface area contributed by atoms with Crippen LogP contribution in [0.25, 0.3) is 0 Å². The molecule has 0 atom stereocenters. The Morgan fingerprint density at radius 2 is 1.89 bits per heavy atom. The van der Waals surface area contributed by atoms with Crippen LogP contribution in [-0.2, 0) is 0 Å². The zero-order chi connectivity index (χ0) is 14.0. The normalized spacial score (nSPS) is 10.3. The first-order chi connectivity index (χ1) is 8.99. The number of rotatable bonds is 2. The van der Waals surface area contributed by atoms with Crippen molar-refractivity contribution in [2.24, 2.45) is 0 Å². The van der Waals surface area contributed by atoms with Crippen LogP contribution in [0.1, 0.15) is 10.4 Å². The Kier molecular flexibility index (Phi) is 4.97. The summed E-state index contributed by atoms with van der Waals surface area (Å²) >= 11 is 8.67. The van der Waals surface area contributed by atoms with Crippen molar-refractivity contribution >= 4 is 66.0 Å². The predicted octanol–water partition coefficient (Wildman–Crippen LogP) is 5.21. The van der Waals surface area contributed by atoms with Crippen LogP contribution < -0.4 is 5.32 Å². The van der Waals surface area contributed by atoms with Gasteiger partial charge in [-0.1, -0.05) is 6.07 Å². The fourth-order valence-electron chi connectivity index (χ4n) is 1.49. The van der Waals surface area contributed by atoms with E-state index in [1.807, 2.05) is 12.1 Å². The molecule has 6 heteroatoms. The van der Waals surface area contributed by atoms with E-state index in [2.05, 4.69) is 59.8 Å². The molecular weight excluding hydrogens is 492 g/mol. The van der Waals surface area contributed by atoms with Gasteiger partial charge in [0.2, 0.25) is 0 Å². The Morgan fingerprint density at radius 1 is 1.16 bits per heavy atom. The van der Waals surface area contributed by atoms with Crippen LogP contribution in [0.15, 0.2) is 45.3 Å². The number of benzene rings is 2. The summed E-state index contributed by atoms with van der Waals surface area (Å²) in [6, 6.07) is 9.95. The first-order valence-corrected chi connectivity index (χ1v) is 7.86. The summed E-state index contributed by atoms with van der Waals surface area (Å²) in [5.74, 6) is -1.05. The van der Waals surface area contributed by atoms with Gasteiger partial charge in [0.05, 0.1) is 11.3 Å². The average molecular weight is 499 g/mol. The number of hydrogen-bond acceptors (Lipinski definition) is 1. The van der Waals surface area contributed by atoms with Crippen LogP contribution in [-0.4, -0.2) is 5.91 Å². The van der Waals surface area contributed by atoms with Crippen molar-refractivity contribution in [3.63, 3.8) is 0 Å². The SMILES string of the molecule is O=C(Nc1cc(I)ccc1Br)c1c(F)cccc1Br. The van der Waals surface area contributed by atoms with Gasteiger partial charge in [0.25, 0.3) is 5.91 Å². The van der Waals surface area contributed by atoms with Gasteiger partial charge >= 0.3 is 0 Å². The lowest BCUT2D eigenvalue weighted by atomic mass is 10.2. The Morgan fingerprint density at radius 3 is 2.58 bits per heavy atom. The first kappa shape index (κ1) is 14.9. The second-order valence-electron chi connectivity index (χ2n) is 3.67. The third-order valence-corrected chi connectivity index (χ3v) is 4.39. The fraction of sp³-hybridized carbons (Fsp3) is 0. The second kappa shape index (κ2) is 6.32. The molecule has 0 aromatic heterocycles. The molecule has 0 aliphatic carbocycles. The van der Waals surface area contributed by atoms with E-state index in [1.165, 1.54) is 12.1 Å². The van der Waals surface area contributed by atoms with Gasteiger partial charge in [-0.25, -0.2) is 4.39 Å². The first-order valence-electron chi connectivity index (χ1n) is 5.19. The van der Waals surface area contributed by atoms with Crippen molar-refractivity contribution in [1.82, 2.24) is 0 Å². The van der Waals surface area contributed by atoms with Crippen molar-refractivity contribution in [1.29, 1.82) is 0 Å². The fourth-order valence-corrected chi connectivity index (χ4v) is 2.85. The van der Waals surface area contributed by atoms with Crippen molar-refractivity contribution < 1.29 is 9.18 Å². The van der Waals surface area contributed by atoms with Crippen molar-refractivity contribution in [3.8, 4) is 0 Å². The molecule has 98 valence electrons. The summed E-state index contributed by atoms with van der Waals surface area (Å²) in [6.45, 7) is 0. The van der Waals surface area contributed by atoms with Crippen LogP contribution in [0.2, 0.25) is 0 Å². The number of nitrogens with one attached hydrogen (secondary N) is 1. The average Bonchev–Trinajstić information content (AvgIpc) is 2.33. The minimum atomic E-state index is -0.561. The van der Waals surface area contributed by atoms with Gasteiger partial charge in [-0.2, -0.15) is 0 Å². The summed E-state index contributed by atoms with van der Waals surface area (Å²) in [5.41, 5.74) is 0.598. The van der Waals surface area contributed by atoms with E-state index in [0.29, 0.717) is 10.2 Å². The molecule has 1 N–H and O–H groups in total. The lowest BCUT2D eigenvalue weighted by Gasteiger charge is -2.09. The highest BCUT2D eigenvalue weighted by Crippen LogP contribution is 2.26. The number of carbonyl (C=O) groups is 1. The molecule has 0 aliphatic heterocycles. The molecular formula is C13H7Br2FINO. The van der Waals surface area contributed by atoms with Gasteiger partial charge in [0.1, 0.15) is 5.82 Å². The monoisotopic (exact) mass is 497 g/mol. The molecule has 0 saturated carbocycles. The summed E-state index contributed by atoms with van der Waals surface area (Å²) in [5, 5.41) is 2.69. The molecule has 1 amide bonds. The van der Waals surface area contributed by atoms with E-state index in [4.69, 9.17) is 0 Å². The van der Waals surface area contributed by atoms with Crippen molar-refractivity contribution in [2.45, 2.75) is 0 Å². The topological polar surface area (TPSA) is 29.1 Å². The Hall–Kier alpha value is -0.470. The molecule has 2 rings (SSSR count). The highest BCUT2D eigenvalue weighted by atomic mass is 127. The zero-order valence-electron chi connectivity index (χ0n) is 9.38. The minimum Gasteiger partial charge on any atom is -0.321 e. The molecule has 0 saturated heterocycles. The van der Waals surface area contributed by atoms with Crippen LogP contribution in [0.4, 0.5) is 10.1 Å². The van der Waals surface area contributed by atoms with E-state index in [-0.39, 0.29) is 5.56 Å². The van der Waals surface area contributed by atoms with Crippen LogP contribution >= 0.6 is 54.5 Å². The smallest absolute Gasteiger partial charge is 0.259 e. The van der Waals surface area contributed by atoms with E-state index in [1.54, 1.807) is 12.1 Å². The number of anilines is 1. The van der Waals surface area contributed by atoms with Gasteiger partial charge in [0.15, 0.2) is 0 Å². The van der Waals surface area contributed by atoms with Crippen LogP contribution in [0.3, 0.4) is 0 Å². The van der Waals surface area contributed by atoms with Crippen molar-refractivity contribution in [2.75, 3.05) is 5.32 Å². The minimum absolute atomic E-state index is 0.00624. The molecule has 19 heavy (non-hydrogen) atoms. The maximum atomic E-state index is 13.7. The van der Waals surface area contributed by atoms with Gasteiger partial charge in [-0.15, -0.1) is 0 Å². The number of hydrogen-bond donors (Lipinski definition) is 1. The van der Waals surface area contributed by atoms with Gasteiger partial charge in [-0.3, -0.25) is 4.79 Å². The molecule has 0 heterocycles. The third-order valence-electron chi connectivity index (χ3n) is 2.37. The molecule has 0 bridgehead atoms. The standard InChI is InChI=1S/C13H7Br2FINO/c14-8-5-4-7(17)6-11(8)18-13(19)12-9(15)2-1-3-10(12)16/h1-6H,(H,18,19). The maximum Gasteiger partial charge on any atom is 0.259 e. The molecule has 2 aromatic carbocycles. The van der Waals surface area contributed by atoms with E-state index >= 15 is 0 Å². The third kappa shape index (κ3) is 3.55. The molecule has 0 aliphatic rings. The van der Waals surface area contributed by atoms with Crippen LogP contribution in [0, 0.1) is 9.39 Å². The number of carbonyl (C=O) groups excluding carboxylic acids is 1. The summed E-state index contributed by atoms with van der Waals surface area (Å²) in [7, 11) is 0. The lowest BCUT2D eigenvalue weighted by molar-refractivity contribution is 0.102. The second-order valence-corrected chi connectivity index (χ2v) is 6.63. The zero-order valence-corrected chi connectivity index (χ0v) is 14.7. The van der Waals surface area contributed by atoms with E-state index in [9.17, 15) is 9.18 Å². The molecule has 0 fully saturated rings. The quantitative estimate of drug-likeness (QED) is 0.566. The van der Waals surface area contributed by atoms with Gasteiger partial charge in [-0.05, 0) is 84.8 Å². The van der Waals surface area contributed by atoms with Gasteiger partial charge < -0.3 is 5.32 Å². The Bertz CT molecular complexity index is 628. The highest BCUT2D eigenvalue weighted by Gasteiger charge is 2.16. The predicted molar refractivity (Wildman–Crippen MR) is 88.9 cm³/mol. The largest absolute Gasteiger partial charge is 0.321 e. The Balaban J connectivity index is 2.34. The van der Waals surface area contributed by atoms with Gasteiger partial charge in [0, 0.05) is 12.5 Å². The van der Waals surface area contributed by atoms with Crippen LogP contribution in [0.5, 0.6) is 0 Å². The highest BCUT2D eigenvalue weighted by molar-refractivity contribution is 14.1. The molecule has 0 unspecified atom stereocenters. The molecule has 0 radical (unpaired) electrons.